The van der Waals surface area contributed by atoms with Gasteiger partial charge in [0.05, 0.1) is 13.2 Å². The number of nitrogens with zero attached hydrogens (tertiary/aromatic N) is 1. The molecule has 1 heterocycles. The van der Waals surface area contributed by atoms with Crippen molar-refractivity contribution >= 4 is 16.7 Å². The molecule has 0 unspecified atom stereocenters. The van der Waals surface area contributed by atoms with Gasteiger partial charge < -0.3 is 14.9 Å². The van der Waals surface area contributed by atoms with Crippen LogP contribution in [0.15, 0.2) is 18.2 Å². The van der Waals surface area contributed by atoms with Crippen LogP contribution in [-0.2, 0) is 6.42 Å². The highest BCUT2D eigenvalue weighted by Crippen LogP contribution is 2.34. The van der Waals surface area contributed by atoms with E-state index in [1.807, 2.05) is 26.0 Å². The van der Waals surface area contributed by atoms with Crippen LogP contribution in [0.2, 0.25) is 0 Å². The number of anilines is 1. The van der Waals surface area contributed by atoms with E-state index in [1.165, 1.54) is 0 Å². The quantitative estimate of drug-likeness (QED) is 0.626. The standard InChI is InChI=1S/C15H21N3O2/c1-4-10-9-11-12(19-5-2)7-8-13(20-6-3)14(11)17-15(10)18-16/h7-9H,4-6,16H2,1-3H3,(H,17,18). The lowest BCUT2D eigenvalue weighted by atomic mass is 10.1. The summed E-state index contributed by atoms with van der Waals surface area (Å²) in [6.45, 7) is 7.18. The molecule has 0 aliphatic rings. The maximum absolute atomic E-state index is 5.68. The number of fused-ring (bicyclic) bond motifs is 1. The highest BCUT2D eigenvalue weighted by atomic mass is 16.5. The van der Waals surface area contributed by atoms with Gasteiger partial charge in [0.15, 0.2) is 0 Å². The molecule has 2 rings (SSSR count). The minimum absolute atomic E-state index is 0.589. The Bertz CT molecular complexity index is 547. The third kappa shape index (κ3) is 2.63. The monoisotopic (exact) mass is 275 g/mol. The van der Waals surface area contributed by atoms with Crippen molar-refractivity contribution < 1.29 is 9.47 Å². The van der Waals surface area contributed by atoms with E-state index in [2.05, 4.69) is 23.4 Å². The van der Waals surface area contributed by atoms with Gasteiger partial charge >= 0.3 is 0 Å². The third-order valence-corrected chi connectivity index (χ3v) is 3.10. The summed E-state index contributed by atoms with van der Waals surface area (Å²) < 4.78 is 11.3. The number of ether oxygens (including phenoxy) is 2. The summed E-state index contributed by atoms with van der Waals surface area (Å²) in [4.78, 5) is 4.58. The van der Waals surface area contributed by atoms with Crippen LogP contribution in [0.1, 0.15) is 26.3 Å². The first kappa shape index (κ1) is 14.4. The Morgan fingerprint density at radius 2 is 1.75 bits per heavy atom. The largest absolute Gasteiger partial charge is 0.493 e. The second-order valence-electron chi connectivity index (χ2n) is 4.32. The van der Waals surface area contributed by atoms with E-state index in [4.69, 9.17) is 15.3 Å². The van der Waals surface area contributed by atoms with Crippen molar-refractivity contribution in [1.29, 1.82) is 0 Å². The van der Waals surface area contributed by atoms with E-state index in [1.54, 1.807) is 0 Å². The topological polar surface area (TPSA) is 69.4 Å². The minimum Gasteiger partial charge on any atom is -0.493 e. The van der Waals surface area contributed by atoms with Crippen molar-refractivity contribution in [1.82, 2.24) is 4.98 Å². The van der Waals surface area contributed by atoms with Gasteiger partial charge in [-0.3, -0.25) is 0 Å². The number of nitrogens with one attached hydrogen (secondary N) is 1. The second kappa shape index (κ2) is 6.43. The number of aromatic nitrogens is 1. The molecule has 5 nitrogen and oxygen atoms in total. The number of aryl methyl sites for hydroxylation is 1. The number of nitrogens with two attached hydrogens (primary N) is 1. The van der Waals surface area contributed by atoms with Crippen LogP contribution in [0, 0.1) is 0 Å². The van der Waals surface area contributed by atoms with Gasteiger partial charge in [0.2, 0.25) is 0 Å². The number of hydrazine groups is 1. The molecule has 0 saturated carbocycles. The van der Waals surface area contributed by atoms with Crippen LogP contribution >= 0.6 is 0 Å². The van der Waals surface area contributed by atoms with Gasteiger partial charge in [0, 0.05) is 5.39 Å². The second-order valence-corrected chi connectivity index (χ2v) is 4.32. The maximum atomic E-state index is 5.68. The smallest absolute Gasteiger partial charge is 0.145 e. The number of hydrogen-bond donors (Lipinski definition) is 2. The van der Waals surface area contributed by atoms with E-state index in [0.29, 0.717) is 19.0 Å². The molecule has 108 valence electrons. The average Bonchev–Trinajstić information content (AvgIpc) is 2.48. The normalized spacial score (nSPS) is 10.6. The molecule has 0 bridgehead atoms. The molecular formula is C15H21N3O2. The van der Waals surface area contributed by atoms with E-state index in [-0.39, 0.29) is 0 Å². The number of rotatable bonds is 6. The summed E-state index contributed by atoms with van der Waals surface area (Å²) in [6, 6.07) is 5.87. The summed E-state index contributed by atoms with van der Waals surface area (Å²) in [5, 5.41) is 0.952. The first-order valence-electron chi connectivity index (χ1n) is 6.93. The van der Waals surface area contributed by atoms with Crippen LogP contribution in [0.3, 0.4) is 0 Å². The highest BCUT2D eigenvalue weighted by Gasteiger charge is 2.13. The Morgan fingerprint density at radius 1 is 1.10 bits per heavy atom. The number of hydrogen-bond acceptors (Lipinski definition) is 5. The fourth-order valence-corrected chi connectivity index (χ4v) is 2.20. The highest BCUT2D eigenvalue weighted by molar-refractivity contribution is 5.92. The lowest BCUT2D eigenvalue weighted by molar-refractivity contribution is 0.336. The lowest BCUT2D eigenvalue weighted by Crippen LogP contribution is -2.11. The molecule has 0 radical (unpaired) electrons. The molecule has 0 aliphatic carbocycles. The fourth-order valence-electron chi connectivity index (χ4n) is 2.20. The predicted molar refractivity (Wildman–Crippen MR) is 81.3 cm³/mol. The molecule has 3 N–H and O–H groups in total. The number of benzene rings is 1. The van der Waals surface area contributed by atoms with Crippen molar-refractivity contribution in [2.75, 3.05) is 18.6 Å². The molecule has 0 amide bonds. The predicted octanol–water partition coefficient (Wildman–Crippen LogP) is 2.88. The first-order chi connectivity index (χ1) is 9.74. The molecule has 0 fully saturated rings. The molecule has 5 heteroatoms. The SMILES string of the molecule is CCOc1ccc(OCC)c2nc(NN)c(CC)cc12. The molecule has 1 aromatic heterocycles. The molecule has 0 spiro atoms. The van der Waals surface area contributed by atoms with Crippen molar-refractivity contribution in [3.8, 4) is 11.5 Å². The van der Waals surface area contributed by atoms with Gasteiger partial charge in [-0.15, -0.1) is 0 Å². The minimum atomic E-state index is 0.589. The zero-order valence-electron chi connectivity index (χ0n) is 12.2. The van der Waals surface area contributed by atoms with E-state index in [9.17, 15) is 0 Å². The Labute approximate surface area is 119 Å². The van der Waals surface area contributed by atoms with Crippen molar-refractivity contribution in [2.45, 2.75) is 27.2 Å². The van der Waals surface area contributed by atoms with Crippen molar-refractivity contribution in [2.24, 2.45) is 5.84 Å². The van der Waals surface area contributed by atoms with E-state index in [0.717, 1.165) is 34.4 Å². The van der Waals surface area contributed by atoms with Crippen LogP contribution in [0.4, 0.5) is 5.82 Å². The Hall–Kier alpha value is -2.01. The molecular weight excluding hydrogens is 254 g/mol. The van der Waals surface area contributed by atoms with Gasteiger partial charge in [0.1, 0.15) is 22.8 Å². The molecule has 2 aromatic rings. The molecule has 0 atom stereocenters. The summed E-state index contributed by atoms with van der Waals surface area (Å²) >= 11 is 0. The molecule has 0 aliphatic heterocycles. The van der Waals surface area contributed by atoms with Gasteiger partial charge in [0.25, 0.3) is 0 Å². The Morgan fingerprint density at radius 3 is 2.35 bits per heavy atom. The van der Waals surface area contributed by atoms with Gasteiger partial charge in [-0.2, -0.15) is 0 Å². The van der Waals surface area contributed by atoms with Crippen LogP contribution in [0.25, 0.3) is 10.9 Å². The maximum Gasteiger partial charge on any atom is 0.145 e. The number of nitrogen functional groups attached to an aromatic ring is 1. The van der Waals surface area contributed by atoms with Gasteiger partial charge in [-0.25, -0.2) is 10.8 Å². The third-order valence-electron chi connectivity index (χ3n) is 3.10. The summed E-state index contributed by atoms with van der Waals surface area (Å²) in [7, 11) is 0. The zero-order chi connectivity index (χ0) is 14.5. The summed E-state index contributed by atoms with van der Waals surface area (Å²) in [6.07, 6.45) is 0.840. The van der Waals surface area contributed by atoms with Gasteiger partial charge in [-0.05, 0) is 44.0 Å². The van der Waals surface area contributed by atoms with Crippen LogP contribution in [-0.4, -0.2) is 18.2 Å². The summed E-state index contributed by atoms with van der Waals surface area (Å²) in [5.74, 6) is 7.79. The molecule has 0 saturated heterocycles. The van der Waals surface area contributed by atoms with E-state index < -0.39 is 0 Å². The van der Waals surface area contributed by atoms with Crippen molar-refractivity contribution in [3.63, 3.8) is 0 Å². The lowest BCUT2D eigenvalue weighted by Gasteiger charge is -2.14. The molecule has 1 aromatic carbocycles. The summed E-state index contributed by atoms with van der Waals surface area (Å²) in [5.41, 5.74) is 4.47. The Kier molecular flexibility index (Phi) is 4.63. The van der Waals surface area contributed by atoms with Gasteiger partial charge in [-0.1, -0.05) is 6.92 Å². The molecule has 20 heavy (non-hydrogen) atoms. The zero-order valence-corrected chi connectivity index (χ0v) is 12.2. The average molecular weight is 275 g/mol. The fraction of sp³-hybridized carbons (Fsp3) is 0.400. The first-order valence-corrected chi connectivity index (χ1v) is 6.93. The number of pyridine rings is 1. The van der Waals surface area contributed by atoms with Crippen molar-refractivity contribution in [3.05, 3.63) is 23.8 Å². The Balaban J connectivity index is 2.70. The van der Waals surface area contributed by atoms with E-state index >= 15 is 0 Å². The van der Waals surface area contributed by atoms with Crippen LogP contribution < -0.4 is 20.7 Å². The van der Waals surface area contributed by atoms with Crippen LogP contribution in [0.5, 0.6) is 11.5 Å².